The van der Waals surface area contributed by atoms with Gasteiger partial charge in [0.05, 0.1) is 10.6 Å². The van der Waals surface area contributed by atoms with Gasteiger partial charge in [-0.05, 0) is 42.3 Å². The Bertz CT molecular complexity index is 609. The molecule has 0 aromatic heterocycles. The molecule has 2 rings (SSSR count). The predicted molar refractivity (Wildman–Crippen MR) is 78.5 cm³/mol. The van der Waals surface area contributed by atoms with Gasteiger partial charge in [-0.25, -0.2) is 4.39 Å². The Kier molecular flexibility index (Phi) is 4.07. The Morgan fingerprint density at radius 3 is 2.16 bits per heavy atom. The van der Waals surface area contributed by atoms with E-state index in [0.717, 1.165) is 5.56 Å². The Hall–Kier alpha value is -0.800. The van der Waals surface area contributed by atoms with Gasteiger partial charge in [-0.2, -0.15) is 0 Å². The summed E-state index contributed by atoms with van der Waals surface area (Å²) in [4.78, 5) is 0. The van der Waals surface area contributed by atoms with E-state index in [2.05, 4.69) is 0 Å². The van der Waals surface area contributed by atoms with E-state index in [1.165, 1.54) is 12.1 Å². The highest BCUT2D eigenvalue weighted by molar-refractivity contribution is 6.35. The molecule has 19 heavy (non-hydrogen) atoms. The molecular weight excluding hydrogens is 308 g/mol. The van der Waals surface area contributed by atoms with Gasteiger partial charge in [-0.3, -0.25) is 0 Å². The molecule has 0 saturated heterocycles. The number of hydrogen-bond acceptors (Lipinski definition) is 1. The first kappa shape index (κ1) is 14.6. The first-order valence-corrected chi connectivity index (χ1v) is 6.65. The number of nitrogens with two attached hydrogens (primary N) is 1. The van der Waals surface area contributed by atoms with E-state index in [9.17, 15) is 4.39 Å². The van der Waals surface area contributed by atoms with E-state index in [1.54, 1.807) is 31.2 Å². The van der Waals surface area contributed by atoms with Crippen molar-refractivity contribution in [3.05, 3.63) is 68.4 Å². The van der Waals surface area contributed by atoms with E-state index in [-0.39, 0.29) is 5.02 Å². The molecule has 0 aliphatic rings. The monoisotopic (exact) mass is 317 g/mol. The van der Waals surface area contributed by atoms with Gasteiger partial charge in [0.1, 0.15) is 5.82 Å². The van der Waals surface area contributed by atoms with Gasteiger partial charge < -0.3 is 5.73 Å². The molecule has 0 saturated carbocycles. The van der Waals surface area contributed by atoms with E-state index in [0.29, 0.717) is 15.6 Å². The zero-order valence-electron chi connectivity index (χ0n) is 10.1. The van der Waals surface area contributed by atoms with Crippen LogP contribution in [-0.4, -0.2) is 0 Å². The van der Waals surface area contributed by atoms with Crippen molar-refractivity contribution in [3.8, 4) is 0 Å². The summed E-state index contributed by atoms with van der Waals surface area (Å²) in [5, 5.41) is 0.903. The van der Waals surface area contributed by atoms with Crippen LogP contribution in [0.4, 0.5) is 4.39 Å². The van der Waals surface area contributed by atoms with Gasteiger partial charge >= 0.3 is 0 Å². The standard InChI is InChI=1S/C14H11Cl3FN/c1-14(19,8-2-4-9(15)5-3-8)10-6-13(18)12(17)7-11(10)16/h2-7H,19H2,1H3. The maximum Gasteiger partial charge on any atom is 0.142 e. The van der Waals surface area contributed by atoms with Gasteiger partial charge in [0.2, 0.25) is 0 Å². The van der Waals surface area contributed by atoms with Crippen molar-refractivity contribution in [1.82, 2.24) is 0 Å². The molecule has 0 amide bonds. The molecule has 0 aliphatic heterocycles. The van der Waals surface area contributed by atoms with E-state index < -0.39 is 11.4 Å². The lowest BCUT2D eigenvalue weighted by atomic mass is 9.85. The SMILES string of the molecule is CC(N)(c1ccc(Cl)cc1)c1cc(F)c(Cl)cc1Cl. The van der Waals surface area contributed by atoms with Crippen molar-refractivity contribution in [2.45, 2.75) is 12.5 Å². The smallest absolute Gasteiger partial charge is 0.142 e. The summed E-state index contributed by atoms with van der Waals surface area (Å²) in [5.41, 5.74) is 6.60. The lowest BCUT2D eigenvalue weighted by Gasteiger charge is -2.27. The second kappa shape index (κ2) is 5.29. The Morgan fingerprint density at radius 1 is 1.00 bits per heavy atom. The lowest BCUT2D eigenvalue weighted by molar-refractivity contribution is 0.582. The summed E-state index contributed by atoms with van der Waals surface area (Å²) in [7, 11) is 0. The number of hydrogen-bond donors (Lipinski definition) is 1. The van der Waals surface area contributed by atoms with Gasteiger partial charge in [0, 0.05) is 10.0 Å². The highest BCUT2D eigenvalue weighted by Gasteiger charge is 2.27. The minimum Gasteiger partial charge on any atom is -0.318 e. The molecule has 1 atom stereocenters. The predicted octanol–water partition coefficient (Wildman–Crippen LogP) is 5.01. The van der Waals surface area contributed by atoms with Crippen molar-refractivity contribution in [3.63, 3.8) is 0 Å². The molecule has 100 valence electrons. The van der Waals surface area contributed by atoms with Crippen LogP contribution < -0.4 is 5.73 Å². The third-order valence-electron chi connectivity index (χ3n) is 3.01. The van der Waals surface area contributed by atoms with Gasteiger partial charge in [-0.15, -0.1) is 0 Å². The maximum absolute atomic E-state index is 13.6. The van der Waals surface area contributed by atoms with Crippen LogP contribution in [0.25, 0.3) is 0 Å². The molecule has 0 spiro atoms. The number of benzene rings is 2. The molecular formula is C14H11Cl3FN. The third-order valence-corrected chi connectivity index (χ3v) is 3.87. The topological polar surface area (TPSA) is 26.0 Å². The van der Waals surface area contributed by atoms with Crippen LogP contribution in [-0.2, 0) is 5.54 Å². The second-order valence-corrected chi connectivity index (χ2v) is 5.71. The third kappa shape index (κ3) is 2.87. The van der Waals surface area contributed by atoms with Crippen molar-refractivity contribution in [1.29, 1.82) is 0 Å². The van der Waals surface area contributed by atoms with Crippen LogP contribution in [0.3, 0.4) is 0 Å². The quantitative estimate of drug-likeness (QED) is 0.774. The molecule has 1 unspecified atom stereocenters. The molecule has 0 radical (unpaired) electrons. The molecule has 2 aromatic carbocycles. The van der Waals surface area contributed by atoms with Crippen molar-refractivity contribution >= 4 is 34.8 Å². The Morgan fingerprint density at radius 2 is 1.58 bits per heavy atom. The van der Waals surface area contributed by atoms with Gasteiger partial charge in [0.15, 0.2) is 0 Å². The fraction of sp³-hybridized carbons (Fsp3) is 0.143. The average molecular weight is 319 g/mol. The van der Waals surface area contributed by atoms with Crippen molar-refractivity contribution in [2.24, 2.45) is 5.73 Å². The first-order valence-electron chi connectivity index (χ1n) is 5.52. The van der Waals surface area contributed by atoms with Crippen LogP contribution in [0.2, 0.25) is 15.1 Å². The maximum atomic E-state index is 13.6. The van der Waals surface area contributed by atoms with E-state index in [1.807, 2.05) is 0 Å². The molecule has 0 bridgehead atoms. The zero-order chi connectivity index (χ0) is 14.2. The summed E-state index contributed by atoms with van der Waals surface area (Å²) < 4.78 is 13.6. The van der Waals surface area contributed by atoms with Gasteiger partial charge in [0.25, 0.3) is 0 Å². The summed E-state index contributed by atoms with van der Waals surface area (Å²) >= 11 is 17.6. The van der Waals surface area contributed by atoms with Crippen molar-refractivity contribution in [2.75, 3.05) is 0 Å². The lowest BCUT2D eigenvalue weighted by Crippen LogP contribution is -2.34. The fourth-order valence-corrected chi connectivity index (χ4v) is 2.58. The Balaban J connectivity index is 2.55. The largest absolute Gasteiger partial charge is 0.318 e. The molecule has 0 heterocycles. The normalized spacial score (nSPS) is 14.2. The highest BCUT2D eigenvalue weighted by atomic mass is 35.5. The van der Waals surface area contributed by atoms with Crippen molar-refractivity contribution < 1.29 is 4.39 Å². The van der Waals surface area contributed by atoms with Crippen LogP contribution >= 0.6 is 34.8 Å². The summed E-state index contributed by atoms with van der Waals surface area (Å²) in [5.74, 6) is -0.549. The van der Waals surface area contributed by atoms with Crippen LogP contribution in [0, 0.1) is 5.82 Å². The summed E-state index contributed by atoms with van der Waals surface area (Å²) in [6, 6.07) is 9.63. The highest BCUT2D eigenvalue weighted by Crippen LogP contribution is 2.35. The minimum atomic E-state index is -0.937. The number of rotatable bonds is 2. The first-order chi connectivity index (χ1) is 8.82. The van der Waals surface area contributed by atoms with E-state index in [4.69, 9.17) is 40.5 Å². The average Bonchev–Trinajstić information content (AvgIpc) is 2.34. The molecule has 2 aromatic rings. The molecule has 0 aliphatic carbocycles. The van der Waals surface area contributed by atoms with Crippen LogP contribution in [0.15, 0.2) is 36.4 Å². The molecule has 0 fully saturated rings. The molecule has 5 heteroatoms. The molecule has 2 N–H and O–H groups in total. The van der Waals surface area contributed by atoms with Gasteiger partial charge in [-0.1, -0.05) is 46.9 Å². The minimum absolute atomic E-state index is 0.0272. The van der Waals surface area contributed by atoms with Crippen LogP contribution in [0.5, 0.6) is 0 Å². The second-order valence-electron chi connectivity index (χ2n) is 4.46. The Labute approximate surface area is 126 Å². The fourth-order valence-electron chi connectivity index (χ4n) is 1.87. The number of halogens is 4. The molecule has 1 nitrogen and oxygen atoms in total. The van der Waals surface area contributed by atoms with E-state index >= 15 is 0 Å². The van der Waals surface area contributed by atoms with Crippen LogP contribution in [0.1, 0.15) is 18.1 Å². The summed E-state index contributed by atoms with van der Waals surface area (Å²) in [6.07, 6.45) is 0. The summed E-state index contributed by atoms with van der Waals surface area (Å²) in [6.45, 7) is 1.75. The zero-order valence-corrected chi connectivity index (χ0v) is 12.3.